The molecule has 6 nitrogen and oxygen atoms in total. The van der Waals surface area contributed by atoms with Gasteiger partial charge >= 0.3 is 11.6 Å². The highest BCUT2D eigenvalue weighted by Crippen LogP contribution is 2.31. The van der Waals surface area contributed by atoms with Crippen LogP contribution < -0.4 is 10.4 Å². The third-order valence-corrected chi connectivity index (χ3v) is 4.04. The Labute approximate surface area is 147 Å². The van der Waals surface area contributed by atoms with E-state index in [0.29, 0.717) is 33.4 Å². The number of carbonyl (C=O) groups excluding carboxylic acids is 1. The summed E-state index contributed by atoms with van der Waals surface area (Å²) in [5, 5.41) is 1.11. The highest BCUT2D eigenvalue weighted by atomic mass is 35.5. The minimum Gasteiger partial charge on any atom is -0.484 e. The molecular formula is C18H15ClO6. The summed E-state index contributed by atoms with van der Waals surface area (Å²) in [6.45, 7) is 3.52. The number of ether oxygens (including phenoxy) is 2. The van der Waals surface area contributed by atoms with Crippen LogP contribution in [0.5, 0.6) is 5.75 Å². The Bertz CT molecular complexity index is 1010. The molecule has 3 aromatic rings. The number of esters is 1. The number of carbonyl (C=O) groups is 1. The maximum absolute atomic E-state index is 11.6. The van der Waals surface area contributed by atoms with E-state index >= 15 is 0 Å². The first-order valence-corrected chi connectivity index (χ1v) is 7.81. The minimum absolute atomic E-state index is 0.0547. The van der Waals surface area contributed by atoms with Crippen molar-refractivity contribution in [3.8, 4) is 5.75 Å². The normalized spacial score (nSPS) is 10.9. The Morgan fingerprint density at radius 1 is 1.16 bits per heavy atom. The van der Waals surface area contributed by atoms with Crippen molar-refractivity contribution >= 4 is 28.5 Å². The predicted molar refractivity (Wildman–Crippen MR) is 91.3 cm³/mol. The van der Waals surface area contributed by atoms with E-state index in [1.165, 1.54) is 13.2 Å². The third kappa shape index (κ3) is 3.39. The summed E-state index contributed by atoms with van der Waals surface area (Å²) in [5.41, 5.74) is 1.05. The average molecular weight is 363 g/mol. The van der Waals surface area contributed by atoms with Crippen LogP contribution in [-0.2, 0) is 11.3 Å². The van der Waals surface area contributed by atoms with Crippen molar-refractivity contribution in [2.45, 2.75) is 20.5 Å². The number of rotatable bonds is 4. The van der Waals surface area contributed by atoms with Crippen molar-refractivity contribution in [3.05, 3.63) is 62.4 Å². The first kappa shape index (κ1) is 17.1. The molecule has 25 heavy (non-hydrogen) atoms. The van der Waals surface area contributed by atoms with Gasteiger partial charge in [-0.2, -0.15) is 0 Å². The Balaban J connectivity index is 1.87. The molecule has 0 aliphatic carbocycles. The van der Waals surface area contributed by atoms with Crippen molar-refractivity contribution < 1.29 is 23.1 Å². The van der Waals surface area contributed by atoms with Gasteiger partial charge in [0, 0.05) is 17.5 Å². The molecule has 1 aromatic carbocycles. The molecule has 2 aromatic heterocycles. The van der Waals surface area contributed by atoms with Crippen molar-refractivity contribution in [2.75, 3.05) is 7.11 Å². The van der Waals surface area contributed by atoms with Crippen LogP contribution in [0.15, 0.2) is 37.9 Å². The summed E-state index contributed by atoms with van der Waals surface area (Å²) in [6.07, 6.45) is 0. The number of benzene rings is 1. The van der Waals surface area contributed by atoms with Crippen LogP contribution in [0.25, 0.3) is 11.0 Å². The van der Waals surface area contributed by atoms with Crippen LogP contribution in [0.3, 0.4) is 0 Å². The van der Waals surface area contributed by atoms with E-state index in [1.807, 2.05) is 0 Å². The monoisotopic (exact) mass is 362 g/mol. The molecule has 0 unspecified atom stereocenters. The summed E-state index contributed by atoms with van der Waals surface area (Å²) in [4.78, 5) is 23.1. The topological polar surface area (TPSA) is 78.9 Å². The van der Waals surface area contributed by atoms with E-state index in [-0.39, 0.29) is 6.61 Å². The predicted octanol–water partition coefficient (Wildman–Crippen LogP) is 4.02. The fraction of sp³-hybridized carbons (Fsp3) is 0.222. The van der Waals surface area contributed by atoms with Crippen molar-refractivity contribution in [1.82, 2.24) is 0 Å². The van der Waals surface area contributed by atoms with Gasteiger partial charge in [0.1, 0.15) is 35.0 Å². The average Bonchev–Trinajstić information content (AvgIpc) is 2.94. The quantitative estimate of drug-likeness (QED) is 0.515. The van der Waals surface area contributed by atoms with Gasteiger partial charge in [0.05, 0.1) is 12.1 Å². The van der Waals surface area contributed by atoms with Crippen molar-refractivity contribution in [1.29, 1.82) is 0 Å². The second kappa shape index (κ2) is 6.64. The molecule has 0 bridgehead atoms. The lowest BCUT2D eigenvalue weighted by Gasteiger charge is -2.08. The zero-order chi connectivity index (χ0) is 18.1. The second-order valence-corrected chi connectivity index (χ2v) is 5.90. The highest BCUT2D eigenvalue weighted by molar-refractivity contribution is 6.32. The zero-order valence-corrected chi connectivity index (χ0v) is 14.6. The molecule has 0 radical (unpaired) electrons. The fourth-order valence-electron chi connectivity index (χ4n) is 2.51. The largest absolute Gasteiger partial charge is 0.484 e. The number of fused-ring (bicyclic) bond motifs is 1. The van der Waals surface area contributed by atoms with Gasteiger partial charge < -0.3 is 18.3 Å². The zero-order valence-electron chi connectivity index (χ0n) is 13.8. The molecule has 0 fully saturated rings. The first-order chi connectivity index (χ1) is 11.9. The molecule has 0 saturated carbocycles. The van der Waals surface area contributed by atoms with Crippen LogP contribution in [-0.4, -0.2) is 13.1 Å². The number of furan rings is 1. The van der Waals surface area contributed by atoms with Gasteiger partial charge in [0.25, 0.3) is 0 Å². The van der Waals surface area contributed by atoms with Crippen molar-refractivity contribution in [2.24, 2.45) is 0 Å². The van der Waals surface area contributed by atoms with E-state index in [2.05, 4.69) is 4.74 Å². The SMILES string of the molecule is COC(=O)c1cc(COc2cc3oc(=O)cc(C)c3cc2Cl)oc1C. The van der Waals surface area contributed by atoms with E-state index in [9.17, 15) is 9.59 Å². The molecule has 0 aliphatic rings. The van der Waals surface area contributed by atoms with Gasteiger partial charge in [-0.25, -0.2) is 9.59 Å². The van der Waals surface area contributed by atoms with E-state index in [4.69, 9.17) is 25.2 Å². The molecule has 0 aliphatic heterocycles. The number of halogens is 1. The summed E-state index contributed by atoms with van der Waals surface area (Å²) in [7, 11) is 1.30. The minimum atomic E-state index is -0.478. The van der Waals surface area contributed by atoms with Crippen LogP contribution in [0, 0.1) is 13.8 Å². The van der Waals surface area contributed by atoms with E-state index in [0.717, 1.165) is 10.9 Å². The number of hydrogen-bond donors (Lipinski definition) is 0. The first-order valence-electron chi connectivity index (χ1n) is 7.43. The molecule has 0 saturated heterocycles. The number of methoxy groups -OCH3 is 1. The number of aryl methyl sites for hydroxylation is 2. The van der Waals surface area contributed by atoms with Crippen LogP contribution in [0.2, 0.25) is 5.02 Å². The lowest BCUT2D eigenvalue weighted by atomic mass is 10.1. The van der Waals surface area contributed by atoms with Crippen LogP contribution >= 0.6 is 11.6 Å². The van der Waals surface area contributed by atoms with E-state index < -0.39 is 11.6 Å². The molecule has 130 valence electrons. The highest BCUT2D eigenvalue weighted by Gasteiger charge is 2.16. The van der Waals surface area contributed by atoms with E-state index in [1.54, 1.807) is 32.0 Å². The molecule has 0 atom stereocenters. The summed E-state index contributed by atoms with van der Waals surface area (Å²) in [6, 6.07) is 6.19. The van der Waals surface area contributed by atoms with Crippen LogP contribution in [0.4, 0.5) is 0 Å². The smallest absolute Gasteiger partial charge is 0.341 e. The molecule has 2 heterocycles. The Kier molecular flexibility index (Phi) is 4.55. The number of hydrogen-bond acceptors (Lipinski definition) is 6. The standard InChI is InChI=1S/C18H15ClO6/c1-9-4-17(20)25-15-7-16(14(19)6-12(9)15)23-8-11-5-13(10(2)24-11)18(21)22-3/h4-7H,8H2,1-3H3. The van der Waals surface area contributed by atoms with Crippen LogP contribution in [0.1, 0.15) is 27.4 Å². The molecular weight excluding hydrogens is 348 g/mol. The molecule has 0 spiro atoms. The van der Waals surface area contributed by atoms with Gasteiger partial charge in [0.15, 0.2) is 0 Å². The van der Waals surface area contributed by atoms with Gasteiger partial charge in [-0.3, -0.25) is 0 Å². The maximum Gasteiger partial charge on any atom is 0.341 e. The molecule has 0 amide bonds. The summed E-state index contributed by atoms with van der Waals surface area (Å²) < 4.78 is 21.0. The Morgan fingerprint density at radius 3 is 2.64 bits per heavy atom. The molecule has 3 rings (SSSR count). The lowest BCUT2D eigenvalue weighted by Crippen LogP contribution is -2.01. The Morgan fingerprint density at radius 2 is 1.92 bits per heavy atom. The summed E-state index contributed by atoms with van der Waals surface area (Å²) >= 11 is 6.24. The molecule has 0 N–H and O–H groups in total. The van der Waals surface area contributed by atoms with Gasteiger partial charge in [0.2, 0.25) is 0 Å². The Hall–Kier alpha value is -2.73. The molecule has 7 heteroatoms. The van der Waals surface area contributed by atoms with Crippen molar-refractivity contribution in [3.63, 3.8) is 0 Å². The maximum atomic E-state index is 11.6. The van der Waals surface area contributed by atoms with Gasteiger partial charge in [-0.05, 0) is 31.5 Å². The van der Waals surface area contributed by atoms with Gasteiger partial charge in [-0.15, -0.1) is 0 Å². The second-order valence-electron chi connectivity index (χ2n) is 5.49. The van der Waals surface area contributed by atoms with Gasteiger partial charge in [-0.1, -0.05) is 11.6 Å². The fourth-order valence-corrected chi connectivity index (χ4v) is 2.72. The third-order valence-electron chi connectivity index (χ3n) is 3.75. The lowest BCUT2D eigenvalue weighted by molar-refractivity contribution is 0.0599. The summed E-state index contributed by atoms with van der Waals surface area (Å²) in [5.74, 6) is 0.751.